The molecule has 1 atom stereocenters. The van der Waals surface area contributed by atoms with Gasteiger partial charge in [-0.3, -0.25) is 19.5 Å². The molecule has 0 radical (unpaired) electrons. The Bertz CT molecular complexity index is 1710. The molecule has 0 bridgehead atoms. The van der Waals surface area contributed by atoms with Gasteiger partial charge in [-0.2, -0.15) is 13.2 Å². The molecule has 3 aliphatic rings. The van der Waals surface area contributed by atoms with Crippen LogP contribution < -0.4 is 11.4 Å². The van der Waals surface area contributed by atoms with E-state index in [1.807, 2.05) is 30.3 Å². The zero-order valence-electron chi connectivity index (χ0n) is 28.2. The van der Waals surface area contributed by atoms with Gasteiger partial charge in [0.15, 0.2) is 5.82 Å². The van der Waals surface area contributed by atoms with Crippen molar-refractivity contribution in [1.29, 1.82) is 0 Å². The summed E-state index contributed by atoms with van der Waals surface area (Å²) in [7, 11) is 2.12. The van der Waals surface area contributed by atoms with Gasteiger partial charge in [0.2, 0.25) is 11.8 Å². The van der Waals surface area contributed by atoms with E-state index in [4.69, 9.17) is 17.3 Å². The lowest BCUT2D eigenvalue weighted by atomic mass is 9.91. The highest BCUT2D eigenvalue weighted by atomic mass is 35.5. The van der Waals surface area contributed by atoms with Gasteiger partial charge in [-0.1, -0.05) is 41.9 Å². The number of piperazine rings is 1. The summed E-state index contributed by atoms with van der Waals surface area (Å²) in [5, 5.41) is 4.26. The highest BCUT2D eigenvalue weighted by Gasteiger charge is 2.37. The lowest BCUT2D eigenvalue weighted by Gasteiger charge is -2.43. The van der Waals surface area contributed by atoms with Crippen molar-refractivity contribution in [3.8, 4) is 11.4 Å². The number of nitrogens with two attached hydrogens (primary N) is 1. The fourth-order valence-corrected chi connectivity index (χ4v) is 7.74. The predicted octanol–water partition coefficient (Wildman–Crippen LogP) is 4.14. The van der Waals surface area contributed by atoms with E-state index in [2.05, 4.69) is 26.9 Å². The van der Waals surface area contributed by atoms with Gasteiger partial charge in [0.25, 0.3) is 0 Å². The fourth-order valence-electron chi connectivity index (χ4n) is 7.49. The second-order valence-corrected chi connectivity index (χ2v) is 14.1. The summed E-state index contributed by atoms with van der Waals surface area (Å²) in [5.41, 5.74) is 4.71. The average Bonchev–Trinajstić information content (AvgIpc) is 3.50. The number of anilines is 1. The number of hydrogen-bond acceptors (Lipinski definition) is 7. The van der Waals surface area contributed by atoms with E-state index in [1.54, 1.807) is 9.80 Å². The molecule has 3 aliphatic heterocycles. The Hall–Kier alpha value is -3.88. The van der Waals surface area contributed by atoms with Crippen molar-refractivity contribution >= 4 is 29.1 Å². The lowest BCUT2D eigenvalue weighted by molar-refractivity contribution is -0.143. The molecule has 3 fully saturated rings. The van der Waals surface area contributed by atoms with E-state index >= 15 is 0 Å². The van der Waals surface area contributed by atoms with Crippen molar-refractivity contribution in [1.82, 2.24) is 34.4 Å². The molecule has 2 amide bonds. The maximum Gasteiger partial charge on any atom is 0.418 e. The third-order valence-corrected chi connectivity index (χ3v) is 10.7. The van der Waals surface area contributed by atoms with Crippen LogP contribution in [0.25, 0.3) is 11.4 Å². The third-order valence-electron chi connectivity index (χ3n) is 10.4. The predicted molar refractivity (Wildman–Crippen MR) is 184 cm³/mol. The zero-order valence-corrected chi connectivity index (χ0v) is 28.9. The second-order valence-electron chi connectivity index (χ2n) is 13.7. The van der Waals surface area contributed by atoms with Crippen LogP contribution >= 0.6 is 11.6 Å². The number of H-pyrrole nitrogens is 1. The first-order chi connectivity index (χ1) is 23.9. The van der Waals surface area contributed by atoms with Gasteiger partial charge >= 0.3 is 11.9 Å². The smallest absolute Gasteiger partial charge is 0.397 e. The number of benzene rings is 2. The van der Waals surface area contributed by atoms with Crippen molar-refractivity contribution in [2.75, 3.05) is 65.1 Å². The van der Waals surface area contributed by atoms with Crippen LogP contribution in [0, 0.1) is 5.92 Å². The zero-order chi connectivity index (χ0) is 35.6. The fraction of sp³-hybridized carbons (Fsp3) is 0.543. The van der Waals surface area contributed by atoms with Gasteiger partial charge in [0, 0.05) is 57.3 Å². The molecule has 0 aliphatic carbocycles. The van der Waals surface area contributed by atoms with E-state index in [-0.39, 0.29) is 47.0 Å². The summed E-state index contributed by atoms with van der Waals surface area (Å²) < 4.78 is 42.9. The number of alkyl halides is 3. The number of likely N-dealkylation sites (tertiary alicyclic amines) is 2. The Morgan fingerprint density at radius 2 is 1.58 bits per heavy atom. The molecule has 1 aromatic heterocycles. The van der Waals surface area contributed by atoms with E-state index in [0.717, 1.165) is 37.6 Å². The maximum absolute atomic E-state index is 14.1. The first-order valence-electron chi connectivity index (χ1n) is 17.3. The number of aromatic nitrogens is 3. The number of aromatic amines is 1. The summed E-state index contributed by atoms with van der Waals surface area (Å²) in [6.45, 7) is 5.15. The van der Waals surface area contributed by atoms with Crippen LogP contribution in [0.15, 0.2) is 47.3 Å². The number of piperidine rings is 2. The number of nitrogens with one attached hydrogen (secondary N) is 1. The molecule has 270 valence electrons. The molecule has 0 unspecified atom stereocenters. The number of nitrogen functional groups attached to an aromatic ring is 1. The van der Waals surface area contributed by atoms with Crippen LogP contribution in [-0.4, -0.2) is 112 Å². The number of carbonyl (C=O) groups is 2. The van der Waals surface area contributed by atoms with Gasteiger partial charge in [-0.05, 0) is 69.9 Å². The van der Waals surface area contributed by atoms with Gasteiger partial charge in [0.05, 0.1) is 28.2 Å². The van der Waals surface area contributed by atoms with Gasteiger partial charge in [-0.15, -0.1) is 5.10 Å². The quantitative estimate of drug-likeness (QED) is 0.336. The SMILES string of the molecule is CN1CCC(N2CCN(C(=O)[C@H](CC(=O)N3CCC(n4nc(-c5ccccc5)[nH]c4=O)CC3)Cc3cc(Cl)c(N)c(C(F)(F)F)c3)CC2)CC1. The summed E-state index contributed by atoms with van der Waals surface area (Å²) >= 11 is 6.14. The van der Waals surface area contributed by atoms with Gasteiger partial charge in [0.1, 0.15) is 0 Å². The normalized spacial score (nSPS) is 19.5. The Morgan fingerprint density at radius 1 is 0.940 bits per heavy atom. The molecular weight excluding hydrogens is 673 g/mol. The number of carbonyl (C=O) groups excluding carboxylic acids is 2. The van der Waals surface area contributed by atoms with Crippen molar-refractivity contribution in [2.45, 2.75) is 56.8 Å². The number of amides is 2. The Labute approximate surface area is 294 Å². The number of halogens is 4. The molecule has 0 saturated carbocycles. The van der Waals surface area contributed by atoms with E-state index in [9.17, 15) is 27.6 Å². The number of nitrogens with zero attached hydrogens (tertiary/aromatic N) is 6. The van der Waals surface area contributed by atoms with E-state index in [0.29, 0.717) is 64.0 Å². The minimum absolute atomic E-state index is 0.0930. The Kier molecular flexibility index (Phi) is 10.9. The van der Waals surface area contributed by atoms with Crippen LogP contribution in [0.2, 0.25) is 5.02 Å². The topological polar surface area (TPSA) is 124 Å². The molecule has 50 heavy (non-hydrogen) atoms. The van der Waals surface area contributed by atoms with Crippen molar-refractivity contribution in [3.05, 3.63) is 69.1 Å². The summed E-state index contributed by atoms with van der Waals surface area (Å²) in [6, 6.07) is 11.9. The minimum atomic E-state index is -4.73. The molecule has 3 saturated heterocycles. The summed E-state index contributed by atoms with van der Waals surface area (Å²) in [6.07, 6.45) is -1.87. The van der Waals surface area contributed by atoms with Gasteiger partial charge < -0.3 is 20.4 Å². The number of hydrogen-bond donors (Lipinski definition) is 2. The van der Waals surface area contributed by atoms with Crippen LogP contribution in [0.3, 0.4) is 0 Å². The Morgan fingerprint density at radius 3 is 2.22 bits per heavy atom. The Balaban J connectivity index is 1.14. The molecule has 4 heterocycles. The molecule has 11 nitrogen and oxygen atoms in total. The summed E-state index contributed by atoms with van der Waals surface area (Å²) in [5.74, 6) is -0.935. The van der Waals surface area contributed by atoms with Crippen molar-refractivity contribution < 1.29 is 22.8 Å². The van der Waals surface area contributed by atoms with Crippen molar-refractivity contribution in [2.24, 2.45) is 5.92 Å². The highest BCUT2D eigenvalue weighted by Crippen LogP contribution is 2.38. The third kappa shape index (κ3) is 8.18. The highest BCUT2D eigenvalue weighted by molar-refractivity contribution is 6.33. The van der Waals surface area contributed by atoms with E-state index in [1.165, 1.54) is 10.7 Å². The number of rotatable bonds is 8. The molecule has 3 aromatic rings. The first kappa shape index (κ1) is 35.9. The molecular formula is C35H44ClF3N8O3. The van der Waals surface area contributed by atoms with Crippen LogP contribution in [0.5, 0.6) is 0 Å². The average molecular weight is 717 g/mol. The largest absolute Gasteiger partial charge is 0.418 e. The van der Waals surface area contributed by atoms with E-state index < -0.39 is 23.3 Å². The molecule has 15 heteroatoms. The van der Waals surface area contributed by atoms with Crippen LogP contribution in [0.1, 0.15) is 49.3 Å². The maximum atomic E-state index is 14.1. The monoisotopic (exact) mass is 716 g/mol. The molecule has 6 rings (SSSR count). The van der Waals surface area contributed by atoms with Crippen LogP contribution in [0.4, 0.5) is 18.9 Å². The summed E-state index contributed by atoms with van der Waals surface area (Å²) in [4.78, 5) is 51.5. The molecule has 0 spiro atoms. The first-order valence-corrected chi connectivity index (χ1v) is 17.6. The van der Waals surface area contributed by atoms with Crippen molar-refractivity contribution in [3.63, 3.8) is 0 Å². The van der Waals surface area contributed by atoms with Crippen LogP contribution in [-0.2, 0) is 22.2 Å². The van der Waals surface area contributed by atoms with Gasteiger partial charge in [-0.25, -0.2) is 9.48 Å². The second kappa shape index (κ2) is 15.2. The molecule has 3 N–H and O–H groups in total. The lowest BCUT2D eigenvalue weighted by Crippen LogP contribution is -2.55. The minimum Gasteiger partial charge on any atom is -0.397 e. The standard InChI is InChI=1S/C35H44ClF3N8O3/c1-43-11-7-26(8-12-43)44-15-17-46(18-16-44)33(49)25(19-23-20-28(35(37,38)39)31(40)29(36)21-23)22-30(48)45-13-9-27(10-14-45)47-34(50)41-32(42-47)24-5-3-2-4-6-24/h2-6,20-21,25-27H,7-19,22,40H2,1H3,(H,41,42,50)/t25-/m0/s1. The molecule has 2 aromatic carbocycles.